The summed E-state index contributed by atoms with van der Waals surface area (Å²) in [6, 6.07) is 8.34. The van der Waals surface area contributed by atoms with Gasteiger partial charge in [-0.1, -0.05) is 32.0 Å². The van der Waals surface area contributed by atoms with Gasteiger partial charge < -0.3 is 19.7 Å². The van der Waals surface area contributed by atoms with Crippen LogP contribution < -0.4 is 14.8 Å². The number of anilines is 1. The summed E-state index contributed by atoms with van der Waals surface area (Å²) in [7, 11) is 3.82. The summed E-state index contributed by atoms with van der Waals surface area (Å²) < 4.78 is 13.4. The highest BCUT2D eigenvalue weighted by Gasteiger charge is 2.21. The molecule has 4 rings (SSSR count). The molecule has 1 aliphatic rings. The zero-order valence-corrected chi connectivity index (χ0v) is 18.1. The molecule has 0 aliphatic carbocycles. The van der Waals surface area contributed by atoms with Crippen molar-refractivity contribution in [1.82, 2.24) is 24.5 Å². The highest BCUT2D eigenvalue weighted by Crippen LogP contribution is 2.25. The van der Waals surface area contributed by atoms with E-state index >= 15 is 0 Å². The quantitative estimate of drug-likeness (QED) is 0.640. The Hall–Kier alpha value is -2.87. The molecule has 30 heavy (non-hydrogen) atoms. The zero-order chi connectivity index (χ0) is 21.1. The molecule has 0 spiro atoms. The van der Waals surface area contributed by atoms with Gasteiger partial charge in [0.1, 0.15) is 11.9 Å². The van der Waals surface area contributed by atoms with E-state index in [0.717, 1.165) is 48.5 Å². The van der Waals surface area contributed by atoms with Crippen molar-refractivity contribution in [3.05, 3.63) is 41.6 Å². The maximum absolute atomic E-state index is 6.20. The molecule has 0 saturated carbocycles. The van der Waals surface area contributed by atoms with Crippen molar-refractivity contribution in [3.63, 3.8) is 0 Å². The van der Waals surface area contributed by atoms with Gasteiger partial charge >= 0.3 is 6.01 Å². The van der Waals surface area contributed by atoms with Gasteiger partial charge in [0.05, 0.1) is 13.3 Å². The Morgan fingerprint density at radius 3 is 2.67 bits per heavy atom. The average molecular weight is 411 g/mol. The third kappa shape index (κ3) is 4.33. The van der Waals surface area contributed by atoms with E-state index in [0.29, 0.717) is 24.4 Å². The molecule has 0 atom stereocenters. The van der Waals surface area contributed by atoms with Gasteiger partial charge in [0.2, 0.25) is 5.95 Å². The summed E-state index contributed by atoms with van der Waals surface area (Å²) in [6.07, 6.45) is 3.95. The molecule has 2 aromatic heterocycles. The van der Waals surface area contributed by atoms with Crippen LogP contribution in [0.2, 0.25) is 0 Å². The fourth-order valence-corrected chi connectivity index (χ4v) is 3.72. The number of methoxy groups -OCH3 is 1. The number of nitrogens with one attached hydrogen (secondary N) is 1. The molecule has 0 bridgehead atoms. The van der Waals surface area contributed by atoms with Crippen LogP contribution in [-0.2, 0) is 6.54 Å². The first-order chi connectivity index (χ1) is 14.5. The number of ether oxygens (including phenoxy) is 2. The highest BCUT2D eigenvalue weighted by atomic mass is 16.5. The smallest absolute Gasteiger partial charge is 0.322 e. The van der Waals surface area contributed by atoms with Gasteiger partial charge in [-0.2, -0.15) is 19.6 Å². The monoisotopic (exact) mass is 410 g/mol. The summed E-state index contributed by atoms with van der Waals surface area (Å²) >= 11 is 0. The molecule has 3 aromatic rings. The molecule has 160 valence electrons. The summed E-state index contributed by atoms with van der Waals surface area (Å²) in [5, 5.41) is 7.93. The van der Waals surface area contributed by atoms with Gasteiger partial charge in [-0.05, 0) is 31.9 Å². The molecule has 3 heterocycles. The first-order valence-corrected chi connectivity index (χ1v) is 10.5. The third-order valence-electron chi connectivity index (χ3n) is 5.56. The molecule has 1 fully saturated rings. The van der Waals surface area contributed by atoms with Crippen molar-refractivity contribution >= 4 is 11.6 Å². The Bertz CT molecular complexity index is 994. The van der Waals surface area contributed by atoms with E-state index < -0.39 is 0 Å². The van der Waals surface area contributed by atoms with Crippen molar-refractivity contribution in [3.8, 4) is 11.8 Å². The van der Waals surface area contributed by atoms with E-state index in [9.17, 15) is 0 Å². The van der Waals surface area contributed by atoms with Crippen LogP contribution in [0.1, 0.15) is 43.7 Å². The molecule has 0 amide bonds. The third-order valence-corrected chi connectivity index (χ3v) is 5.56. The van der Waals surface area contributed by atoms with Crippen LogP contribution >= 0.6 is 0 Å². The largest absolute Gasteiger partial charge is 0.496 e. The number of piperidine rings is 1. The number of hydrogen-bond acceptors (Lipinski definition) is 7. The van der Waals surface area contributed by atoms with Crippen LogP contribution in [0.25, 0.3) is 5.65 Å². The first kappa shape index (κ1) is 20.4. The molecular formula is C22H30N6O2. The van der Waals surface area contributed by atoms with Crippen molar-refractivity contribution in [2.45, 2.75) is 45.3 Å². The second kappa shape index (κ2) is 8.87. The lowest BCUT2D eigenvalue weighted by molar-refractivity contribution is 0.105. The minimum Gasteiger partial charge on any atom is -0.496 e. The van der Waals surface area contributed by atoms with Crippen LogP contribution in [0.4, 0.5) is 5.95 Å². The van der Waals surface area contributed by atoms with Crippen molar-refractivity contribution in [2.24, 2.45) is 0 Å². The SMILES string of the molecule is COc1ccccc1CNc1nc(OC2CCN(C)CC2)nc2c(C(C)C)cnn12. The van der Waals surface area contributed by atoms with Crippen molar-refractivity contribution in [1.29, 1.82) is 0 Å². The van der Waals surface area contributed by atoms with Crippen LogP contribution in [0.15, 0.2) is 30.5 Å². The Kier molecular flexibility index (Phi) is 6.03. The highest BCUT2D eigenvalue weighted by molar-refractivity contribution is 5.53. The normalized spacial score (nSPS) is 15.6. The second-order valence-electron chi connectivity index (χ2n) is 8.11. The van der Waals surface area contributed by atoms with Crippen LogP contribution in [0.5, 0.6) is 11.8 Å². The standard InChI is InChI=1S/C22H30N6O2/c1-15(2)18-14-24-28-20(18)25-22(30-17-9-11-27(3)12-10-17)26-21(28)23-13-16-7-5-6-8-19(16)29-4/h5-8,14-15,17H,9-13H2,1-4H3,(H,23,25,26). The lowest BCUT2D eigenvalue weighted by Crippen LogP contribution is -2.36. The maximum atomic E-state index is 6.20. The fraction of sp³-hybridized carbons (Fsp3) is 0.500. The van der Waals surface area contributed by atoms with E-state index in [2.05, 4.69) is 41.2 Å². The summed E-state index contributed by atoms with van der Waals surface area (Å²) in [4.78, 5) is 11.7. The van der Waals surface area contributed by atoms with E-state index in [1.54, 1.807) is 11.6 Å². The number of benzene rings is 1. The molecule has 1 saturated heterocycles. The number of rotatable bonds is 7. The van der Waals surface area contributed by atoms with Crippen LogP contribution in [0.3, 0.4) is 0 Å². The number of hydrogen-bond donors (Lipinski definition) is 1. The minimum absolute atomic E-state index is 0.135. The minimum atomic E-state index is 0.135. The molecule has 1 aromatic carbocycles. The van der Waals surface area contributed by atoms with Gasteiger partial charge in [0.15, 0.2) is 5.65 Å². The molecule has 1 N–H and O–H groups in total. The van der Waals surface area contributed by atoms with Crippen molar-refractivity contribution in [2.75, 3.05) is 32.6 Å². The molecule has 1 aliphatic heterocycles. The predicted molar refractivity (Wildman–Crippen MR) is 116 cm³/mol. The molecule has 0 radical (unpaired) electrons. The lowest BCUT2D eigenvalue weighted by Gasteiger charge is -2.28. The topological polar surface area (TPSA) is 76.8 Å². The van der Waals surface area contributed by atoms with Crippen LogP contribution in [-0.4, -0.2) is 57.8 Å². The van der Waals surface area contributed by atoms with E-state index in [1.807, 2.05) is 30.5 Å². The number of nitrogens with zero attached hydrogens (tertiary/aromatic N) is 5. The summed E-state index contributed by atoms with van der Waals surface area (Å²) in [6.45, 7) is 6.88. The Labute approximate surface area is 177 Å². The Morgan fingerprint density at radius 2 is 1.93 bits per heavy atom. The molecular weight excluding hydrogens is 380 g/mol. The van der Waals surface area contributed by atoms with E-state index in [-0.39, 0.29) is 6.10 Å². The van der Waals surface area contributed by atoms with Gasteiger partial charge in [-0.3, -0.25) is 0 Å². The van der Waals surface area contributed by atoms with E-state index in [1.165, 1.54) is 0 Å². The van der Waals surface area contributed by atoms with Gasteiger partial charge in [0.25, 0.3) is 0 Å². The predicted octanol–water partition coefficient (Wildman–Crippen LogP) is 3.34. The first-order valence-electron chi connectivity index (χ1n) is 10.5. The Morgan fingerprint density at radius 1 is 1.17 bits per heavy atom. The summed E-state index contributed by atoms with van der Waals surface area (Å²) in [5.74, 6) is 1.75. The Balaban J connectivity index is 1.63. The lowest BCUT2D eigenvalue weighted by atomic mass is 10.1. The van der Waals surface area contributed by atoms with Crippen molar-refractivity contribution < 1.29 is 9.47 Å². The second-order valence-corrected chi connectivity index (χ2v) is 8.11. The van der Waals surface area contributed by atoms with Gasteiger partial charge in [-0.15, -0.1) is 0 Å². The molecule has 8 nitrogen and oxygen atoms in total. The zero-order valence-electron chi connectivity index (χ0n) is 18.1. The fourth-order valence-electron chi connectivity index (χ4n) is 3.72. The molecule has 0 unspecified atom stereocenters. The average Bonchev–Trinajstić information content (AvgIpc) is 3.18. The number of aromatic nitrogens is 4. The summed E-state index contributed by atoms with van der Waals surface area (Å²) in [5.41, 5.74) is 2.90. The number of likely N-dealkylation sites (tertiary alicyclic amines) is 1. The maximum Gasteiger partial charge on any atom is 0.322 e. The van der Waals surface area contributed by atoms with Gasteiger partial charge in [0, 0.05) is 30.8 Å². The van der Waals surface area contributed by atoms with Crippen LogP contribution in [0, 0.1) is 0 Å². The molecule has 8 heteroatoms. The number of fused-ring (bicyclic) bond motifs is 1. The van der Waals surface area contributed by atoms with Gasteiger partial charge in [-0.25, -0.2) is 0 Å². The number of para-hydroxylation sites is 1. The van der Waals surface area contributed by atoms with E-state index in [4.69, 9.17) is 14.5 Å².